The number of benzene rings is 1. The second kappa shape index (κ2) is 9.54. The number of amides is 1. The van der Waals surface area contributed by atoms with Crippen LogP contribution < -0.4 is 20.1 Å². The van der Waals surface area contributed by atoms with Crippen molar-refractivity contribution in [1.82, 2.24) is 19.9 Å². The van der Waals surface area contributed by atoms with E-state index in [0.717, 1.165) is 12.8 Å². The lowest BCUT2D eigenvalue weighted by atomic mass is 10.1. The molecule has 3 N–H and O–H groups in total. The van der Waals surface area contributed by atoms with Crippen molar-refractivity contribution in [1.29, 1.82) is 5.26 Å². The molecule has 2 aromatic heterocycles. The zero-order chi connectivity index (χ0) is 24.5. The number of carbonyl (C=O) groups excluding carboxylic acids is 1. The second-order valence-corrected chi connectivity index (χ2v) is 9.10. The summed E-state index contributed by atoms with van der Waals surface area (Å²) in [5.74, 6) is 1.73. The van der Waals surface area contributed by atoms with E-state index in [4.69, 9.17) is 19.2 Å². The number of nitrogens with zero attached hydrogens (tertiary/aromatic N) is 4. The lowest BCUT2D eigenvalue weighted by Crippen LogP contribution is -2.41. The summed E-state index contributed by atoms with van der Waals surface area (Å²) in [7, 11) is 0. The molecule has 36 heavy (non-hydrogen) atoms. The van der Waals surface area contributed by atoms with Gasteiger partial charge in [-0.05, 0) is 25.0 Å². The molecule has 4 heterocycles. The molecule has 1 saturated heterocycles. The Kier molecular flexibility index (Phi) is 5.95. The lowest BCUT2D eigenvalue weighted by molar-refractivity contribution is 0.0298. The molecule has 0 unspecified atom stereocenters. The Balaban J connectivity index is 1.35. The Morgan fingerprint density at radius 2 is 1.86 bits per heavy atom. The SMILES string of the molecule is N#Cc1c[nH]c2nc(Nc3ccc(C(=O)N4CCOCC4)c4c3OCCO4)nc(NC3CCCC3)c12. The quantitative estimate of drug-likeness (QED) is 0.493. The summed E-state index contributed by atoms with van der Waals surface area (Å²) in [6, 6.07) is 6.06. The molecular formula is C25H27N7O4. The summed E-state index contributed by atoms with van der Waals surface area (Å²) in [4.78, 5) is 27.4. The summed E-state index contributed by atoms with van der Waals surface area (Å²) in [6.07, 6.45) is 6.13. The van der Waals surface area contributed by atoms with Crippen molar-refractivity contribution in [2.24, 2.45) is 0 Å². The van der Waals surface area contributed by atoms with Crippen LogP contribution in [0.1, 0.15) is 41.6 Å². The number of morpholine rings is 1. The van der Waals surface area contributed by atoms with Gasteiger partial charge in [0.05, 0.1) is 35.4 Å². The van der Waals surface area contributed by atoms with Gasteiger partial charge in [-0.15, -0.1) is 0 Å². The van der Waals surface area contributed by atoms with Crippen molar-refractivity contribution in [3.8, 4) is 17.6 Å². The zero-order valence-electron chi connectivity index (χ0n) is 19.8. The summed E-state index contributed by atoms with van der Waals surface area (Å²) in [5.41, 5.74) is 2.12. The topological polar surface area (TPSA) is 137 Å². The van der Waals surface area contributed by atoms with Gasteiger partial charge in [0, 0.05) is 25.3 Å². The van der Waals surface area contributed by atoms with Gasteiger partial charge in [-0.1, -0.05) is 12.8 Å². The van der Waals surface area contributed by atoms with Crippen molar-refractivity contribution in [2.45, 2.75) is 31.7 Å². The minimum Gasteiger partial charge on any atom is -0.485 e. The van der Waals surface area contributed by atoms with Gasteiger partial charge in [-0.3, -0.25) is 4.79 Å². The summed E-state index contributed by atoms with van der Waals surface area (Å²) in [6.45, 7) is 2.85. The molecule has 0 bridgehead atoms. The summed E-state index contributed by atoms with van der Waals surface area (Å²) < 4.78 is 17.2. The van der Waals surface area contributed by atoms with Crippen molar-refractivity contribution in [3.05, 3.63) is 29.5 Å². The van der Waals surface area contributed by atoms with Crippen molar-refractivity contribution >= 4 is 34.4 Å². The number of carbonyl (C=O) groups is 1. The minimum atomic E-state index is -0.109. The van der Waals surface area contributed by atoms with Crippen LogP contribution >= 0.6 is 0 Å². The molecule has 11 nitrogen and oxygen atoms in total. The molecule has 6 rings (SSSR count). The maximum atomic E-state index is 13.2. The molecule has 186 valence electrons. The molecule has 1 aliphatic carbocycles. The number of aromatic nitrogens is 3. The van der Waals surface area contributed by atoms with Gasteiger partial charge in [-0.25, -0.2) is 0 Å². The number of aromatic amines is 1. The van der Waals surface area contributed by atoms with Crippen molar-refractivity contribution < 1.29 is 19.0 Å². The van der Waals surface area contributed by atoms with E-state index in [9.17, 15) is 10.1 Å². The molecule has 3 aliphatic rings. The Morgan fingerprint density at radius 1 is 1.08 bits per heavy atom. The first kappa shape index (κ1) is 22.4. The standard InChI is InChI=1S/C25H27N7O4/c26-13-15-14-27-22-19(15)23(28-16-3-1-2-4-16)31-25(30-22)29-18-6-5-17(20-21(18)36-12-11-35-20)24(33)32-7-9-34-10-8-32/h5-6,14,16H,1-4,7-12H2,(H3,27,28,29,30,31). The van der Waals surface area contributed by atoms with Crippen LogP contribution in [0.4, 0.5) is 17.5 Å². The monoisotopic (exact) mass is 489 g/mol. The number of rotatable bonds is 5. The first-order chi connectivity index (χ1) is 17.7. The zero-order valence-corrected chi connectivity index (χ0v) is 19.8. The van der Waals surface area contributed by atoms with E-state index in [1.807, 2.05) is 0 Å². The number of H-pyrrole nitrogens is 1. The summed E-state index contributed by atoms with van der Waals surface area (Å²) in [5, 5.41) is 17.0. The van der Waals surface area contributed by atoms with E-state index < -0.39 is 0 Å². The van der Waals surface area contributed by atoms with Crippen molar-refractivity contribution in [3.63, 3.8) is 0 Å². The molecule has 11 heteroatoms. The molecule has 1 aromatic carbocycles. The third-order valence-corrected chi connectivity index (χ3v) is 6.81. The average Bonchev–Trinajstić information content (AvgIpc) is 3.59. The second-order valence-electron chi connectivity index (χ2n) is 9.10. The van der Waals surface area contributed by atoms with E-state index in [2.05, 4.69) is 26.7 Å². The molecule has 1 amide bonds. The van der Waals surface area contributed by atoms with Crippen LogP contribution in [0.3, 0.4) is 0 Å². The largest absolute Gasteiger partial charge is 0.485 e. The average molecular weight is 490 g/mol. The van der Waals surface area contributed by atoms with E-state index in [1.165, 1.54) is 12.8 Å². The van der Waals surface area contributed by atoms with Crippen LogP contribution in [-0.2, 0) is 4.74 Å². The van der Waals surface area contributed by atoms with Gasteiger partial charge >= 0.3 is 0 Å². The first-order valence-electron chi connectivity index (χ1n) is 12.3. The fourth-order valence-corrected chi connectivity index (χ4v) is 5.01. The molecule has 0 radical (unpaired) electrons. The van der Waals surface area contributed by atoms with Crippen LogP contribution in [0.5, 0.6) is 11.5 Å². The minimum absolute atomic E-state index is 0.109. The van der Waals surface area contributed by atoms with Gasteiger partial charge in [0.2, 0.25) is 5.95 Å². The molecule has 2 fully saturated rings. The van der Waals surface area contributed by atoms with E-state index >= 15 is 0 Å². The predicted octanol–water partition coefficient (Wildman–Crippen LogP) is 3.17. The van der Waals surface area contributed by atoms with Crippen molar-refractivity contribution in [2.75, 3.05) is 50.2 Å². The number of anilines is 3. The Labute approximate surface area is 207 Å². The lowest BCUT2D eigenvalue weighted by Gasteiger charge is -2.29. The highest BCUT2D eigenvalue weighted by atomic mass is 16.6. The molecular weight excluding hydrogens is 462 g/mol. The highest BCUT2D eigenvalue weighted by molar-refractivity contribution is 5.99. The van der Waals surface area contributed by atoms with E-state index in [-0.39, 0.29) is 5.91 Å². The van der Waals surface area contributed by atoms with Gasteiger partial charge in [0.25, 0.3) is 5.91 Å². The highest BCUT2D eigenvalue weighted by Crippen LogP contribution is 2.42. The van der Waals surface area contributed by atoms with E-state index in [1.54, 1.807) is 23.2 Å². The predicted molar refractivity (Wildman–Crippen MR) is 132 cm³/mol. The number of hydrogen-bond donors (Lipinski definition) is 3. The molecule has 1 saturated carbocycles. The highest BCUT2D eigenvalue weighted by Gasteiger charge is 2.28. The van der Waals surface area contributed by atoms with Crippen LogP contribution in [0.25, 0.3) is 11.0 Å². The van der Waals surface area contributed by atoms with Gasteiger partial charge < -0.3 is 34.7 Å². The third kappa shape index (κ3) is 4.13. The fourth-order valence-electron chi connectivity index (χ4n) is 5.01. The summed E-state index contributed by atoms with van der Waals surface area (Å²) >= 11 is 0. The fraction of sp³-hybridized carbons (Fsp3) is 0.440. The van der Waals surface area contributed by atoms with Crippen LogP contribution in [-0.4, -0.2) is 71.3 Å². The Morgan fingerprint density at radius 3 is 2.64 bits per heavy atom. The Bertz CT molecular complexity index is 1340. The Hall–Kier alpha value is -4.04. The van der Waals surface area contributed by atoms with Crippen LogP contribution in [0.2, 0.25) is 0 Å². The third-order valence-electron chi connectivity index (χ3n) is 6.81. The number of nitrogens with one attached hydrogen (secondary N) is 3. The van der Waals surface area contributed by atoms with Gasteiger partial charge in [0.15, 0.2) is 11.5 Å². The van der Waals surface area contributed by atoms with Crippen LogP contribution in [0, 0.1) is 11.3 Å². The normalized spacial score (nSPS) is 17.7. The molecule has 2 aliphatic heterocycles. The maximum Gasteiger partial charge on any atom is 0.257 e. The van der Waals surface area contributed by atoms with Gasteiger partial charge in [-0.2, -0.15) is 15.2 Å². The molecule has 3 aromatic rings. The molecule has 0 spiro atoms. The maximum absolute atomic E-state index is 13.2. The van der Waals surface area contributed by atoms with Crippen LogP contribution in [0.15, 0.2) is 18.3 Å². The smallest absolute Gasteiger partial charge is 0.257 e. The number of hydrogen-bond acceptors (Lipinski definition) is 9. The number of ether oxygens (including phenoxy) is 3. The number of fused-ring (bicyclic) bond motifs is 2. The van der Waals surface area contributed by atoms with Gasteiger partial charge in [0.1, 0.15) is 30.7 Å². The first-order valence-corrected chi connectivity index (χ1v) is 12.3. The molecule has 0 atom stereocenters. The van der Waals surface area contributed by atoms with E-state index in [0.29, 0.717) is 96.7 Å². The number of nitriles is 1.